The van der Waals surface area contributed by atoms with Crippen LogP contribution >= 0.6 is 0 Å². The van der Waals surface area contributed by atoms with Crippen LogP contribution < -0.4 is 0 Å². The first-order chi connectivity index (χ1) is 7.50. The van der Waals surface area contributed by atoms with Crippen LogP contribution in [-0.2, 0) is 5.41 Å². The molecule has 0 spiro atoms. The van der Waals surface area contributed by atoms with E-state index in [2.05, 4.69) is 39.0 Å². The van der Waals surface area contributed by atoms with E-state index < -0.39 is 0 Å². The lowest BCUT2D eigenvalue weighted by Crippen LogP contribution is -2.10. The molecule has 0 amide bonds. The predicted octanol–water partition coefficient (Wildman–Crippen LogP) is 3.95. The van der Waals surface area contributed by atoms with Crippen LogP contribution in [-0.4, -0.2) is 6.29 Å². The molecule has 82 valence electrons. The Hall–Kier alpha value is -1.63. The zero-order valence-corrected chi connectivity index (χ0v) is 9.95. The van der Waals surface area contributed by atoms with Gasteiger partial charge in [-0.3, -0.25) is 4.79 Å². The molecule has 0 atom stereocenters. The third kappa shape index (κ3) is 1.99. The molecule has 0 aliphatic carbocycles. The summed E-state index contributed by atoms with van der Waals surface area (Å²) in [5.74, 6) is 0. The number of rotatable bonds is 1. The van der Waals surface area contributed by atoms with Gasteiger partial charge in [-0.05, 0) is 27.8 Å². The maximum Gasteiger partial charge on any atom is 0.150 e. The van der Waals surface area contributed by atoms with Gasteiger partial charge < -0.3 is 0 Å². The van der Waals surface area contributed by atoms with Gasteiger partial charge in [0.05, 0.1) is 0 Å². The van der Waals surface area contributed by atoms with Gasteiger partial charge in [-0.15, -0.1) is 0 Å². The molecule has 1 nitrogen and oxygen atoms in total. The fourth-order valence-electron chi connectivity index (χ4n) is 1.80. The smallest absolute Gasteiger partial charge is 0.150 e. The Morgan fingerprint density at radius 2 is 1.56 bits per heavy atom. The molecule has 0 aromatic heterocycles. The zero-order chi connectivity index (χ0) is 11.8. The minimum atomic E-state index is 0.164. The van der Waals surface area contributed by atoms with E-state index in [4.69, 9.17) is 0 Å². The highest BCUT2D eigenvalue weighted by Gasteiger charge is 2.13. The second kappa shape index (κ2) is 3.75. The Kier molecular flexibility index (Phi) is 2.55. The highest BCUT2D eigenvalue weighted by atomic mass is 16.1. The van der Waals surface area contributed by atoms with Crippen molar-refractivity contribution in [2.24, 2.45) is 0 Å². The molecule has 2 rings (SSSR count). The van der Waals surface area contributed by atoms with Crippen molar-refractivity contribution < 1.29 is 4.79 Å². The quantitative estimate of drug-likeness (QED) is 0.654. The van der Waals surface area contributed by atoms with E-state index in [-0.39, 0.29) is 5.41 Å². The Morgan fingerprint density at radius 3 is 2.19 bits per heavy atom. The minimum absolute atomic E-state index is 0.164. The summed E-state index contributed by atoms with van der Waals surface area (Å²) in [6.07, 6.45) is 0.886. The molecule has 0 heterocycles. The first kappa shape index (κ1) is 10.9. The lowest BCUT2D eigenvalue weighted by Gasteiger charge is -2.19. The van der Waals surface area contributed by atoms with E-state index in [1.807, 2.05) is 18.2 Å². The molecule has 0 aliphatic heterocycles. The van der Waals surface area contributed by atoms with E-state index in [0.29, 0.717) is 0 Å². The second-order valence-corrected chi connectivity index (χ2v) is 5.19. The molecule has 1 heteroatoms. The van der Waals surface area contributed by atoms with Gasteiger partial charge in [0.15, 0.2) is 0 Å². The molecule has 2 aromatic rings. The SMILES string of the molecule is CC(C)(C)c1ccc2cc(C=O)ccc2c1. The van der Waals surface area contributed by atoms with E-state index in [1.54, 1.807) is 0 Å². The van der Waals surface area contributed by atoms with Crippen LogP contribution in [0.4, 0.5) is 0 Å². The summed E-state index contributed by atoms with van der Waals surface area (Å²) in [7, 11) is 0. The van der Waals surface area contributed by atoms with Crippen LogP contribution in [0, 0.1) is 0 Å². The largest absolute Gasteiger partial charge is 0.298 e. The van der Waals surface area contributed by atoms with Crippen LogP contribution in [0.5, 0.6) is 0 Å². The third-order valence-corrected chi connectivity index (χ3v) is 2.87. The Labute approximate surface area is 96.1 Å². The molecule has 2 aromatic carbocycles. The summed E-state index contributed by atoms with van der Waals surface area (Å²) in [6.45, 7) is 6.61. The average molecular weight is 212 g/mol. The van der Waals surface area contributed by atoms with Gasteiger partial charge in [0.1, 0.15) is 6.29 Å². The van der Waals surface area contributed by atoms with Crippen molar-refractivity contribution in [3.05, 3.63) is 47.5 Å². The summed E-state index contributed by atoms with van der Waals surface area (Å²) < 4.78 is 0. The van der Waals surface area contributed by atoms with Crippen molar-refractivity contribution in [1.29, 1.82) is 0 Å². The van der Waals surface area contributed by atoms with Gasteiger partial charge in [0, 0.05) is 5.56 Å². The number of carbonyl (C=O) groups excluding carboxylic acids is 1. The standard InChI is InChI=1S/C15H16O/c1-15(2,3)14-7-6-12-8-11(10-16)4-5-13(12)9-14/h4-10H,1-3H3. The molecular weight excluding hydrogens is 196 g/mol. The molecule has 0 N–H and O–H groups in total. The molecule has 0 saturated heterocycles. The van der Waals surface area contributed by atoms with Gasteiger partial charge in [-0.1, -0.05) is 51.1 Å². The maximum absolute atomic E-state index is 10.7. The Morgan fingerprint density at radius 1 is 0.938 bits per heavy atom. The summed E-state index contributed by atoms with van der Waals surface area (Å²) >= 11 is 0. The average Bonchev–Trinajstić information content (AvgIpc) is 2.26. The van der Waals surface area contributed by atoms with Gasteiger partial charge in [-0.2, -0.15) is 0 Å². The Balaban J connectivity index is 2.60. The van der Waals surface area contributed by atoms with Crippen molar-refractivity contribution in [2.75, 3.05) is 0 Å². The number of hydrogen-bond donors (Lipinski definition) is 0. The second-order valence-electron chi connectivity index (χ2n) is 5.19. The van der Waals surface area contributed by atoms with Crippen molar-refractivity contribution in [3.63, 3.8) is 0 Å². The van der Waals surface area contributed by atoms with Crippen LogP contribution in [0.25, 0.3) is 10.8 Å². The monoisotopic (exact) mass is 212 g/mol. The van der Waals surface area contributed by atoms with E-state index >= 15 is 0 Å². The maximum atomic E-state index is 10.7. The van der Waals surface area contributed by atoms with Crippen molar-refractivity contribution in [1.82, 2.24) is 0 Å². The summed E-state index contributed by atoms with van der Waals surface area (Å²) in [6, 6.07) is 12.2. The zero-order valence-electron chi connectivity index (χ0n) is 9.95. The van der Waals surface area contributed by atoms with Crippen LogP contribution in [0.1, 0.15) is 36.7 Å². The highest BCUT2D eigenvalue weighted by molar-refractivity contribution is 5.89. The molecular formula is C15H16O. The fraction of sp³-hybridized carbons (Fsp3) is 0.267. The number of carbonyl (C=O) groups is 1. The van der Waals surface area contributed by atoms with E-state index in [0.717, 1.165) is 17.2 Å². The molecule has 0 aliphatic rings. The normalized spacial score (nSPS) is 11.7. The highest BCUT2D eigenvalue weighted by Crippen LogP contribution is 2.26. The van der Waals surface area contributed by atoms with Crippen LogP contribution in [0.2, 0.25) is 0 Å². The number of hydrogen-bond acceptors (Lipinski definition) is 1. The van der Waals surface area contributed by atoms with Gasteiger partial charge in [0.2, 0.25) is 0 Å². The molecule has 0 radical (unpaired) electrons. The topological polar surface area (TPSA) is 17.1 Å². The van der Waals surface area contributed by atoms with Crippen LogP contribution in [0.15, 0.2) is 36.4 Å². The molecule has 16 heavy (non-hydrogen) atoms. The Bertz CT molecular complexity index is 533. The van der Waals surface area contributed by atoms with E-state index in [1.165, 1.54) is 10.9 Å². The molecule has 0 bridgehead atoms. The van der Waals surface area contributed by atoms with Crippen molar-refractivity contribution in [3.8, 4) is 0 Å². The number of fused-ring (bicyclic) bond motifs is 1. The summed E-state index contributed by atoms with van der Waals surface area (Å²) in [4.78, 5) is 10.7. The number of aldehydes is 1. The lowest BCUT2D eigenvalue weighted by molar-refractivity contribution is 0.112. The third-order valence-electron chi connectivity index (χ3n) is 2.87. The molecule has 0 saturated carbocycles. The molecule has 0 fully saturated rings. The fourth-order valence-corrected chi connectivity index (χ4v) is 1.80. The first-order valence-corrected chi connectivity index (χ1v) is 5.50. The molecule has 0 unspecified atom stereocenters. The number of benzene rings is 2. The van der Waals surface area contributed by atoms with Crippen molar-refractivity contribution >= 4 is 17.1 Å². The minimum Gasteiger partial charge on any atom is -0.298 e. The predicted molar refractivity (Wildman–Crippen MR) is 68.0 cm³/mol. The van der Waals surface area contributed by atoms with E-state index in [9.17, 15) is 4.79 Å². The first-order valence-electron chi connectivity index (χ1n) is 5.50. The van der Waals surface area contributed by atoms with Gasteiger partial charge in [0.25, 0.3) is 0 Å². The van der Waals surface area contributed by atoms with Crippen LogP contribution in [0.3, 0.4) is 0 Å². The van der Waals surface area contributed by atoms with Gasteiger partial charge in [-0.25, -0.2) is 0 Å². The summed E-state index contributed by atoms with van der Waals surface area (Å²) in [5.41, 5.74) is 2.22. The lowest BCUT2D eigenvalue weighted by atomic mass is 9.86. The summed E-state index contributed by atoms with van der Waals surface area (Å²) in [5, 5.41) is 2.32. The van der Waals surface area contributed by atoms with Gasteiger partial charge >= 0.3 is 0 Å². The van der Waals surface area contributed by atoms with Crippen molar-refractivity contribution in [2.45, 2.75) is 26.2 Å².